The zero-order valence-corrected chi connectivity index (χ0v) is 6.86. The van der Waals surface area contributed by atoms with Gasteiger partial charge in [-0.3, -0.25) is 0 Å². The van der Waals surface area contributed by atoms with Gasteiger partial charge >= 0.3 is 0 Å². The van der Waals surface area contributed by atoms with Gasteiger partial charge in [0.2, 0.25) is 0 Å². The summed E-state index contributed by atoms with van der Waals surface area (Å²) in [4.78, 5) is 1.94. The van der Waals surface area contributed by atoms with Crippen LogP contribution in [0.2, 0.25) is 0 Å². The predicted molar refractivity (Wildman–Crippen MR) is 46.7 cm³/mol. The number of hydrogen-bond acceptors (Lipinski definition) is 2. The maximum absolute atomic E-state index is 8.11. The van der Waals surface area contributed by atoms with Gasteiger partial charge < -0.3 is 4.90 Å². The van der Waals surface area contributed by atoms with Crippen molar-refractivity contribution in [2.75, 3.05) is 14.1 Å². The second kappa shape index (κ2) is 6.63. The zero-order chi connectivity index (χ0) is 8.53. The first-order valence-corrected chi connectivity index (χ1v) is 3.33. The molecule has 2 heteroatoms. The lowest BCUT2D eigenvalue weighted by Crippen LogP contribution is -1.99. The van der Waals surface area contributed by atoms with Gasteiger partial charge in [0.1, 0.15) is 0 Å². The average molecular weight is 148 g/mol. The Balaban J connectivity index is 3.62. The van der Waals surface area contributed by atoms with Crippen molar-refractivity contribution < 1.29 is 0 Å². The van der Waals surface area contributed by atoms with Crippen molar-refractivity contribution in [3.05, 3.63) is 36.6 Å². The van der Waals surface area contributed by atoms with E-state index in [0.29, 0.717) is 0 Å². The molecule has 0 aliphatic carbocycles. The summed E-state index contributed by atoms with van der Waals surface area (Å²) in [5.41, 5.74) is 0. The molecule has 0 aliphatic rings. The third kappa shape index (κ3) is 8.51. The fraction of sp³-hybridized carbons (Fsp3) is 0.222. The molecular formula is C9H12N2. The second-order valence-electron chi connectivity index (χ2n) is 2.18. The van der Waals surface area contributed by atoms with Crippen molar-refractivity contribution in [3.8, 4) is 6.07 Å². The molecule has 0 rings (SSSR count). The number of nitrogens with zero attached hydrogens (tertiary/aromatic N) is 2. The lowest BCUT2D eigenvalue weighted by atomic mass is 10.4. The first-order valence-electron chi connectivity index (χ1n) is 3.33. The molecule has 0 unspecified atom stereocenters. The smallest absolute Gasteiger partial charge is 0.0912 e. The molecule has 0 spiro atoms. The Morgan fingerprint density at radius 3 is 2.27 bits per heavy atom. The molecule has 0 saturated heterocycles. The molecule has 0 heterocycles. The maximum atomic E-state index is 8.11. The van der Waals surface area contributed by atoms with E-state index >= 15 is 0 Å². The van der Waals surface area contributed by atoms with E-state index in [1.165, 1.54) is 6.08 Å². The van der Waals surface area contributed by atoms with Crippen LogP contribution in [0.3, 0.4) is 0 Å². The van der Waals surface area contributed by atoms with Gasteiger partial charge in [-0.1, -0.05) is 18.2 Å². The summed E-state index contributed by atoms with van der Waals surface area (Å²) in [5.74, 6) is 0. The van der Waals surface area contributed by atoms with Gasteiger partial charge in [-0.15, -0.1) is 0 Å². The fourth-order valence-electron chi connectivity index (χ4n) is 0.449. The molecule has 0 aromatic rings. The maximum Gasteiger partial charge on any atom is 0.0912 e. The standard InChI is InChI=1S/C9H12N2/c1-11(2)9-7-5-3-4-6-8-10/h3-7,9H,1-2H3/b5-3+,6-4+,9-7+. The van der Waals surface area contributed by atoms with E-state index in [2.05, 4.69) is 0 Å². The molecule has 0 fully saturated rings. The van der Waals surface area contributed by atoms with Gasteiger partial charge in [-0.05, 0) is 12.3 Å². The number of rotatable bonds is 3. The quantitative estimate of drug-likeness (QED) is 0.450. The van der Waals surface area contributed by atoms with Crippen molar-refractivity contribution in [2.24, 2.45) is 0 Å². The van der Waals surface area contributed by atoms with Crippen molar-refractivity contribution in [2.45, 2.75) is 0 Å². The van der Waals surface area contributed by atoms with Crippen LogP contribution in [0.4, 0.5) is 0 Å². The van der Waals surface area contributed by atoms with Crippen LogP contribution < -0.4 is 0 Å². The summed E-state index contributed by atoms with van der Waals surface area (Å²) in [5, 5.41) is 8.11. The van der Waals surface area contributed by atoms with E-state index in [9.17, 15) is 0 Å². The highest BCUT2D eigenvalue weighted by Crippen LogP contribution is 1.81. The third-order valence-corrected chi connectivity index (χ3v) is 0.888. The first-order chi connectivity index (χ1) is 5.27. The molecule has 0 saturated carbocycles. The number of hydrogen-bond donors (Lipinski definition) is 0. The Kier molecular flexibility index (Phi) is 5.73. The molecule has 0 atom stereocenters. The second-order valence-corrected chi connectivity index (χ2v) is 2.18. The topological polar surface area (TPSA) is 27.0 Å². The average Bonchev–Trinajstić information content (AvgIpc) is 1.96. The molecular weight excluding hydrogens is 136 g/mol. The Morgan fingerprint density at radius 1 is 1.09 bits per heavy atom. The number of nitriles is 1. The van der Waals surface area contributed by atoms with Crippen LogP contribution in [0, 0.1) is 11.3 Å². The number of allylic oxidation sites excluding steroid dienone is 5. The predicted octanol–water partition coefficient (Wildman–Crippen LogP) is 1.70. The lowest BCUT2D eigenvalue weighted by Gasteiger charge is -2.00. The van der Waals surface area contributed by atoms with Crippen molar-refractivity contribution in [1.29, 1.82) is 5.26 Å². The highest BCUT2D eigenvalue weighted by atomic mass is 15.0. The monoisotopic (exact) mass is 148 g/mol. The largest absolute Gasteiger partial charge is 0.383 e. The highest BCUT2D eigenvalue weighted by molar-refractivity contribution is 5.15. The van der Waals surface area contributed by atoms with Crippen molar-refractivity contribution in [1.82, 2.24) is 4.90 Å². The van der Waals surface area contributed by atoms with Crippen LogP contribution in [-0.2, 0) is 0 Å². The summed E-state index contributed by atoms with van der Waals surface area (Å²) >= 11 is 0. The minimum Gasteiger partial charge on any atom is -0.383 e. The Labute approximate surface area is 67.7 Å². The molecule has 2 nitrogen and oxygen atoms in total. The van der Waals surface area contributed by atoms with Gasteiger partial charge in [0, 0.05) is 20.2 Å². The molecule has 0 radical (unpaired) electrons. The van der Waals surface area contributed by atoms with Gasteiger partial charge in [0.25, 0.3) is 0 Å². The fourth-order valence-corrected chi connectivity index (χ4v) is 0.449. The first kappa shape index (κ1) is 9.51. The van der Waals surface area contributed by atoms with E-state index in [0.717, 1.165) is 0 Å². The van der Waals surface area contributed by atoms with Gasteiger partial charge in [0.05, 0.1) is 6.07 Å². The summed E-state index contributed by atoms with van der Waals surface area (Å²) in [6.07, 6.45) is 10.6. The lowest BCUT2D eigenvalue weighted by molar-refractivity contribution is 0.564. The zero-order valence-electron chi connectivity index (χ0n) is 6.86. The summed E-state index contributed by atoms with van der Waals surface area (Å²) < 4.78 is 0. The van der Waals surface area contributed by atoms with Gasteiger partial charge in [0.15, 0.2) is 0 Å². The van der Waals surface area contributed by atoms with E-state index in [-0.39, 0.29) is 0 Å². The molecule has 0 aromatic carbocycles. The normalized spacial score (nSPS) is 11.4. The van der Waals surface area contributed by atoms with E-state index in [1.807, 2.05) is 49.5 Å². The van der Waals surface area contributed by atoms with Crippen LogP contribution in [0.25, 0.3) is 0 Å². The molecule has 11 heavy (non-hydrogen) atoms. The van der Waals surface area contributed by atoms with Gasteiger partial charge in [-0.25, -0.2) is 0 Å². The van der Waals surface area contributed by atoms with Crippen LogP contribution in [0.1, 0.15) is 0 Å². The molecule has 0 aromatic heterocycles. The van der Waals surface area contributed by atoms with Crippen molar-refractivity contribution in [3.63, 3.8) is 0 Å². The Bertz CT molecular complexity index is 204. The van der Waals surface area contributed by atoms with Crippen molar-refractivity contribution >= 4 is 0 Å². The van der Waals surface area contributed by atoms with E-state index in [1.54, 1.807) is 6.08 Å². The highest BCUT2D eigenvalue weighted by Gasteiger charge is 1.69. The van der Waals surface area contributed by atoms with Gasteiger partial charge in [-0.2, -0.15) is 5.26 Å². The van der Waals surface area contributed by atoms with Crippen LogP contribution >= 0.6 is 0 Å². The summed E-state index contributed by atoms with van der Waals surface area (Å²) in [6, 6.07) is 1.90. The Morgan fingerprint density at radius 2 is 1.73 bits per heavy atom. The molecule has 0 amide bonds. The van der Waals surface area contributed by atoms with Crippen LogP contribution in [-0.4, -0.2) is 19.0 Å². The Hall–Kier alpha value is -1.49. The minimum atomic E-state index is 1.43. The molecule has 0 bridgehead atoms. The third-order valence-electron chi connectivity index (χ3n) is 0.888. The minimum absolute atomic E-state index is 1.43. The van der Waals surface area contributed by atoms with E-state index < -0.39 is 0 Å². The van der Waals surface area contributed by atoms with Crippen LogP contribution in [0.5, 0.6) is 0 Å². The van der Waals surface area contributed by atoms with E-state index in [4.69, 9.17) is 5.26 Å². The summed E-state index contributed by atoms with van der Waals surface area (Å²) in [6.45, 7) is 0. The summed E-state index contributed by atoms with van der Waals surface area (Å²) in [7, 11) is 3.91. The molecule has 0 aliphatic heterocycles. The molecule has 0 N–H and O–H groups in total. The SMILES string of the molecule is CN(C)/C=C/C=C/C=C/C#N. The van der Waals surface area contributed by atoms with Crippen LogP contribution in [0.15, 0.2) is 36.6 Å². The molecule has 58 valence electrons.